The van der Waals surface area contributed by atoms with E-state index in [2.05, 4.69) is 5.32 Å². The lowest BCUT2D eigenvalue weighted by Crippen LogP contribution is -2.33. The Morgan fingerprint density at radius 1 is 1.35 bits per heavy atom. The van der Waals surface area contributed by atoms with Crippen LogP contribution in [0.4, 0.5) is 0 Å². The summed E-state index contributed by atoms with van der Waals surface area (Å²) in [6.45, 7) is 2.05. The molecular formula is C15H19NO4. The summed E-state index contributed by atoms with van der Waals surface area (Å²) >= 11 is 0. The minimum Gasteiger partial charge on any atom is -0.508 e. The molecule has 1 aliphatic rings. The van der Waals surface area contributed by atoms with Crippen molar-refractivity contribution in [3.05, 3.63) is 29.3 Å². The number of hydrogen-bond acceptors (Lipinski definition) is 3. The highest BCUT2D eigenvalue weighted by molar-refractivity contribution is 5.96. The van der Waals surface area contributed by atoms with E-state index in [1.54, 1.807) is 19.1 Å². The third-order valence-corrected chi connectivity index (χ3v) is 4.05. The predicted molar refractivity (Wildman–Crippen MR) is 73.6 cm³/mol. The summed E-state index contributed by atoms with van der Waals surface area (Å²) < 4.78 is 0. The average molecular weight is 277 g/mol. The maximum Gasteiger partial charge on any atom is 0.306 e. The SMILES string of the molecule is Cc1c(O)cccc1C(=O)NCC1CCCC1C(=O)O. The summed E-state index contributed by atoms with van der Waals surface area (Å²) in [6.07, 6.45) is 2.40. The first-order chi connectivity index (χ1) is 9.50. The zero-order valence-corrected chi connectivity index (χ0v) is 11.4. The molecule has 0 aliphatic heterocycles. The van der Waals surface area contributed by atoms with Crippen molar-refractivity contribution < 1.29 is 19.8 Å². The molecule has 0 aromatic heterocycles. The molecule has 2 atom stereocenters. The van der Waals surface area contributed by atoms with E-state index in [0.29, 0.717) is 24.1 Å². The smallest absolute Gasteiger partial charge is 0.306 e. The van der Waals surface area contributed by atoms with Crippen molar-refractivity contribution in [2.45, 2.75) is 26.2 Å². The molecule has 1 fully saturated rings. The van der Waals surface area contributed by atoms with Crippen molar-refractivity contribution >= 4 is 11.9 Å². The Morgan fingerprint density at radius 2 is 2.10 bits per heavy atom. The van der Waals surface area contributed by atoms with Crippen molar-refractivity contribution in [1.29, 1.82) is 0 Å². The number of amides is 1. The van der Waals surface area contributed by atoms with Crippen LogP contribution in [0.5, 0.6) is 5.75 Å². The van der Waals surface area contributed by atoms with Gasteiger partial charge in [-0.05, 0) is 37.8 Å². The zero-order chi connectivity index (χ0) is 14.7. The summed E-state index contributed by atoms with van der Waals surface area (Å²) in [6, 6.07) is 4.80. The van der Waals surface area contributed by atoms with Gasteiger partial charge in [-0.3, -0.25) is 9.59 Å². The van der Waals surface area contributed by atoms with Gasteiger partial charge in [-0.1, -0.05) is 12.5 Å². The number of benzene rings is 1. The minimum atomic E-state index is -0.782. The number of carboxylic acids is 1. The molecule has 0 bridgehead atoms. The largest absolute Gasteiger partial charge is 0.508 e. The Balaban J connectivity index is 1.99. The molecule has 0 radical (unpaired) electrons. The fraction of sp³-hybridized carbons (Fsp3) is 0.467. The third kappa shape index (κ3) is 2.92. The number of rotatable bonds is 4. The fourth-order valence-corrected chi connectivity index (χ4v) is 2.79. The number of carbonyl (C=O) groups is 2. The maximum absolute atomic E-state index is 12.1. The highest BCUT2D eigenvalue weighted by Crippen LogP contribution is 2.31. The number of carboxylic acid groups (broad SMARTS) is 1. The lowest BCUT2D eigenvalue weighted by atomic mass is 9.96. The van der Waals surface area contributed by atoms with Crippen LogP contribution in [-0.2, 0) is 4.79 Å². The van der Waals surface area contributed by atoms with Gasteiger partial charge in [-0.2, -0.15) is 0 Å². The number of phenolic OH excluding ortho intramolecular Hbond substituents is 1. The van der Waals surface area contributed by atoms with Gasteiger partial charge in [0.1, 0.15) is 5.75 Å². The van der Waals surface area contributed by atoms with E-state index in [0.717, 1.165) is 12.8 Å². The number of aromatic hydroxyl groups is 1. The number of carbonyl (C=O) groups excluding carboxylic acids is 1. The normalized spacial score (nSPS) is 21.6. The minimum absolute atomic E-state index is 0.00550. The Hall–Kier alpha value is -2.04. The van der Waals surface area contributed by atoms with Gasteiger partial charge in [0.25, 0.3) is 5.91 Å². The van der Waals surface area contributed by atoms with Gasteiger partial charge in [-0.25, -0.2) is 0 Å². The van der Waals surface area contributed by atoms with E-state index in [4.69, 9.17) is 5.11 Å². The molecule has 3 N–H and O–H groups in total. The van der Waals surface area contributed by atoms with Crippen LogP contribution < -0.4 is 5.32 Å². The van der Waals surface area contributed by atoms with Crippen LogP contribution in [0.15, 0.2) is 18.2 Å². The van der Waals surface area contributed by atoms with Gasteiger partial charge in [0.15, 0.2) is 0 Å². The predicted octanol–water partition coefficient (Wildman–Crippen LogP) is 1.93. The van der Waals surface area contributed by atoms with Crippen LogP contribution in [-0.4, -0.2) is 28.6 Å². The highest BCUT2D eigenvalue weighted by atomic mass is 16.4. The molecule has 1 aliphatic carbocycles. The molecule has 0 spiro atoms. The van der Waals surface area contributed by atoms with Gasteiger partial charge >= 0.3 is 5.97 Å². The molecule has 2 rings (SSSR count). The summed E-state index contributed by atoms with van der Waals surface area (Å²) in [4.78, 5) is 23.2. The monoisotopic (exact) mass is 277 g/mol. The molecule has 0 heterocycles. The standard InChI is InChI=1S/C15H19NO4/c1-9-11(5-3-7-13(9)17)14(18)16-8-10-4-2-6-12(10)15(19)20/h3,5,7,10,12,17H,2,4,6,8H2,1H3,(H,16,18)(H,19,20). The molecule has 0 saturated heterocycles. The van der Waals surface area contributed by atoms with Crippen LogP contribution >= 0.6 is 0 Å². The van der Waals surface area contributed by atoms with Gasteiger partial charge in [0.05, 0.1) is 5.92 Å². The van der Waals surface area contributed by atoms with Crippen LogP contribution in [0.25, 0.3) is 0 Å². The molecule has 1 aromatic carbocycles. The summed E-state index contributed by atoms with van der Waals surface area (Å²) in [7, 11) is 0. The van der Waals surface area contributed by atoms with E-state index in [1.807, 2.05) is 0 Å². The fourth-order valence-electron chi connectivity index (χ4n) is 2.79. The summed E-state index contributed by atoms with van der Waals surface area (Å²) in [5, 5.41) is 21.5. The molecule has 1 amide bonds. The van der Waals surface area contributed by atoms with Gasteiger partial charge in [0.2, 0.25) is 0 Å². The first-order valence-corrected chi connectivity index (χ1v) is 6.80. The topological polar surface area (TPSA) is 86.6 Å². The second-order valence-electron chi connectivity index (χ2n) is 5.30. The molecule has 5 nitrogen and oxygen atoms in total. The molecule has 1 saturated carbocycles. The third-order valence-electron chi connectivity index (χ3n) is 4.05. The van der Waals surface area contributed by atoms with Crippen molar-refractivity contribution in [3.63, 3.8) is 0 Å². The maximum atomic E-state index is 12.1. The van der Waals surface area contributed by atoms with Gasteiger partial charge in [-0.15, -0.1) is 0 Å². The quantitative estimate of drug-likeness (QED) is 0.785. The number of aliphatic carboxylic acids is 1. The lowest BCUT2D eigenvalue weighted by molar-refractivity contribution is -0.142. The molecule has 20 heavy (non-hydrogen) atoms. The molecule has 2 unspecified atom stereocenters. The molecule has 1 aromatic rings. The lowest BCUT2D eigenvalue weighted by Gasteiger charge is -2.17. The van der Waals surface area contributed by atoms with Gasteiger partial charge < -0.3 is 15.5 Å². The Labute approximate surface area is 117 Å². The van der Waals surface area contributed by atoms with E-state index >= 15 is 0 Å². The van der Waals surface area contributed by atoms with Crippen LogP contribution in [0, 0.1) is 18.8 Å². The van der Waals surface area contributed by atoms with Crippen molar-refractivity contribution in [2.24, 2.45) is 11.8 Å². The number of nitrogens with one attached hydrogen (secondary N) is 1. The Bertz CT molecular complexity index is 527. The zero-order valence-electron chi connectivity index (χ0n) is 11.4. The van der Waals surface area contributed by atoms with Crippen molar-refractivity contribution in [3.8, 4) is 5.75 Å². The Kier molecular flexibility index (Phi) is 4.27. The van der Waals surface area contributed by atoms with E-state index in [9.17, 15) is 14.7 Å². The van der Waals surface area contributed by atoms with E-state index in [1.165, 1.54) is 6.07 Å². The first kappa shape index (κ1) is 14.4. The summed E-state index contributed by atoms with van der Waals surface area (Å²) in [5.41, 5.74) is 0.959. The van der Waals surface area contributed by atoms with E-state index < -0.39 is 5.97 Å². The van der Waals surface area contributed by atoms with Crippen LogP contribution in [0.3, 0.4) is 0 Å². The van der Waals surface area contributed by atoms with Crippen LogP contribution in [0.1, 0.15) is 35.2 Å². The molecular weight excluding hydrogens is 258 g/mol. The van der Waals surface area contributed by atoms with E-state index in [-0.39, 0.29) is 23.5 Å². The second-order valence-corrected chi connectivity index (χ2v) is 5.30. The second kappa shape index (κ2) is 5.94. The molecule has 108 valence electrons. The summed E-state index contributed by atoms with van der Waals surface area (Å²) in [5.74, 6) is -1.33. The molecule has 5 heteroatoms. The average Bonchev–Trinajstić information content (AvgIpc) is 2.87. The van der Waals surface area contributed by atoms with Crippen molar-refractivity contribution in [1.82, 2.24) is 5.32 Å². The van der Waals surface area contributed by atoms with Gasteiger partial charge in [0, 0.05) is 17.7 Å². The highest BCUT2D eigenvalue weighted by Gasteiger charge is 2.32. The van der Waals surface area contributed by atoms with Crippen LogP contribution in [0.2, 0.25) is 0 Å². The number of hydrogen-bond donors (Lipinski definition) is 3. The Morgan fingerprint density at radius 3 is 2.80 bits per heavy atom. The first-order valence-electron chi connectivity index (χ1n) is 6.80. The van der Waals surface area contributed by atoms with Crippen molar-refractivity contribution in [2.75, 3.05) is 6.54 Å². The number of phenols is 1.